The summed E-state index contributed by atoms with van der Waals surface area (Å²) in [6.45, 7) is 1.59. The molecule has 7 nitrogen and oxygen atoms in total. The van der Waals surface area contributed by atoms with Crippen LogP contribution in [-0.2, 0) is 20.9 Å². The summed E-state index contributed by atoms with van der Waals surface area (Å²) < 4.78 is 0. The van der Waals surface area contributed by atoms with Gasteiger partial charge in [-0.2, -0.15) is 5.01 Å². The molecule has 3 aliphatic heterocycles. The quantitative estimate of drug-likeness (QED) is 0.757. The molecule has 2 saturated heterocycles. The third-order valence-corrected chi connectivity index (χ3v) is 5.06. The maximum absolute atomic E-state index is 12.6. The molecule has 1 aromatic rings. The number of ketones is 1. The van der Waals surface area contributed by atoms with Gasteiger partial charge in [-0.25, -0.2) is 5.01 Å². The number of benzene rings is 1. The predicted molar refractivity (Wildman–Crippen MR) is 88.5 cm³/mol. The number of fused-ring (bicyclic) bond motifs is 1. The van der Waals surface area contributed by atoms with Crippen molar-refractivity contribution in [2.45, 2.75) is 38.6 Å². The Morgan fingerprint density at radius 3 is 2.20 bits per heavy atom. The third-order valence-electron chi connectivity index (χ3n) is 5.06. The molecular formula is C18H19N3O4. The molecular weight excluding hydrogens is 322 g/mol. The average Bonchev–Trinajstić information content (AvgIpc) is 2.92. The second-order valence-electron chi connectivity index (χ2n) is 6.68. The van der Waals surface area contributed by atoms with Crippen LogP contribution in [0.5, 0.6) is 0 Å². The Bertz CT molecular complexity index is 763. The zero-order chi connectivity index (χ0) is 17.6. The van der Waals surface area contributed by atoms with Crippen LogP contribution in [0, 0.1) is 0 Å². The predicted octanol–water partition coefficient (Wildman–Crippen LogP) is 1.27. The lowest BCUT2D eigenvalue weighted by Gasteiger charge is -2.32. The van der Waals surface area contributed by atoms with Crippen molar-refractivity contribution in [2.75, 3.05) is 18.0 Å². The van der Waals surface area contributed by atoms with Gasteiger partial charge in [0.15, 0.2) is 0 Å². The molecule has 0 aromatic heterocycles. The van der Waals surface area contributed by atoms with E-state index in [-0.39, 0.29) is 30.0 Å². The van der Waals surface area contributed by atoms with Crippen molar-refractivity contribution < 1.29 is 19.2 Å². The van der Waals surface area contributed by atoms with E-state index in [9.17, 15) is 19.2 Å². The summed E-state index contributed by atoms with van der Waals surface area (Å²) in [5, 5.41) is 2.28. The molecule has 1 aromatic carbocycles. The molecule has 0 radical (unpaired) electrons. The van der Waals surface area contributed by atoms with Gasteiger partial charge in [-0.15, -0.1) is 0 Å². The van der Waals surface area contributed by atoms with Crippen LogP contribution in [0.4, 0.5) is 5.69 Å². The Morgan fingerprint density at radius 1 is 0.840 bits per heavy atom. The molecule has 7 heteroatoms. The van der Waals surface area contributed by atoms with Gasteiger partial charge in [0.1, 0.15) is 5.78 Å². The van der Waals surface area contributed by atoms with E-state index < -0.39 is 0 Å². The van der Waals surface area contributed by atoms with Gasteiger partial charge in [-0.05, 0) is 30.2 Å². The molecule has 130 valence electrons. The molecule has 3 amide bonds. The van der Waals surface area contributed by atoms with E-state index in [0.717, 1.165) is 16.3 Å². The van der Waals surface area contributed by atoms with Crippen LogP contribution in [0.25, 0.3) is 0 Å². The molecule has 0 bridgehead atoms. The normalized spacial score (nSPS) is 21.2. The van der Waals surface area contributed by atoms with Crippen LogP contribution in [0.3, 0.4) is 0 Å². The summed E-state index contributed by atoms with van der Waals surface area (Å²) in [5.74, 6) is -0.654. The van der Waals surface area contributed by atoms with Crippen LogP contribution >= 0.6 is 0 Å². The molecule has 3 aliphatic rings. The number of piperidine rings is 2. The molecule has 3 heterocycles. The van der Waals surface area contributed by atoms with Crippen molar-refractivity contribution >= 4 is 29.2 Å². The van der Waals surface area contributed by atoms with Crippen LogP contribution in [-0.4, -0.2) is 46.6 Å². The number of nitrogens with zero attached hydrogens (tertiary/aromatic N) is 3. The molecule has 25 heavy (non-hydrogen) atoms. The van der Waals surface area contributed by atoms with E-state index in [1.54, 1.807) is 6.07 Å². The first-order valence-electron chi connectivity index (χ1n) is 8.62. The Kier molecular flexibility index (Phi) is 3.78. The van der Waals surface area contributed by atoms with E-state index in [2.05, 4.69) is 4.90 Å². The van der Waals surface area contributed by atoms with Gasteiger partial charge in [0.2, 0.25) is 11.8 Å². The molecule has 0 atom stereocenters. The number of Topliss-reactive ketones (excluding diaryl/α,β-unsaturated/α-hetero) is 1. The number of carbonyl (C=O) groups excluding carboxylic acids is 4. The first-order chi connectivity index (χ1) is 12.0. The van der Waals surface area contributed by atoms with Crippen molar-refractivity contribution in [2.24, 2.45) is 0 Å². The van der Waals surface area contributed by atoms with Gasteiger partial charge in [-0.1, -0.05) is 0 Å². The van der Waals surface area contributed by atoms with Crippen molar-refractivity contribution in [1.82, 2.24) is 10.0 Å². The number of hydrogen-bond acceptors (Lipinski definition) is 5. The summed E-state index contributed by atoms with van der Waals surface area (Å²) in [5.41, 5.74) is 2.31. The van der Waals surface area contributed by atoms with Gasteiger partial charge in [-0.3, -0.25) is 19.2 Å². The van der Waals surface area contributed by atoms with Crippen LogP contribution in [0.15, 0.2) is 18.2 Å². The van der Waals surface area contributed by atoms with Crippen molar-refractivity contribution in [3.63, 3.8) is 0 Å². The van der Waals surface area contributed by atoms with E-state index in [1.807, 2.05) is 12.1 Å². The highest BCUT2D eigenvalue weighted by atomic mass is 16.2. The van der Waals surface area contributed by atoms with Crippen molar-refractivity contribution in [3.8, 4) is 0 Å². The monoisotopic (exact) mass is 341 g/mol. The number of rotatable bonds is 2. The van der Waals surface area contributed by atoms with Crippen molar-refractivity contribution in [3.05, 3.63) is 29.3 Å². The largest absolute Gasteiger partial charge is 0.371 e. The summed E-state index contributed by atoms with van der Waals surface area (Å²) in [6, 6.07) is 5.56. The number of hydrogen-bond donors (Lipinski definition) is 0. The van der Waals surface area contributed by atoms with Gasteiger partial charge in [0.25, 0.3) is 5.91 Å². The molecule has 0 saturated carbocycles. The third kappa shape index (κ3) is 2.69. The van der Waals surface area contributed by atoms with Crippen molar-refractivity contribution in [1.29, 1.82) is 0 Å². The number of hydrazine groups is 1. The zero-order valence-corrected chi connectivity index (χ0v) is 13.9. The minimum Gasteiger partial charge on any atom is -0.371 e. The molecule has 0 spiro atoms. The fourth-order valence-electron chi connectivity index (χ4n) is 3.68. The maximum Gasteiger partial charge on any atom is 0.273 e. The first-order valence-corrected chi connectivity index (χ1v) is 8.62. The maximum atomic E-state index is 12.6. The Labute approximate surface area is 145 Å². The number of carbonyl (C=O) groups is 4. The number of imide groups is 1. The van der Waals surface area contributed by atoms with E-state index in [1.165, 1.54) is 5.01 Å². The van der Waals surface area contributed by atoms with Gasteiger partial charge in [0.05, 0.1) is 6.54 Å². The lowest BCUT2D eigenvalue weighted by atomic mass is 10.1. The topological polar surface area (TPSA) is 78.0 Å². The molecule has 2 fully saturated rings. The summed E-state index contributed by atoms with van der Waals surface area (Å²) in [6.07, 6.45) is 2.21. The van der Waals surface area contributed by atoms with E-state index >= 15 is 0 Å². The second kappa shape index (κ2) is 5.98. The number of anilines is 1. The lowest BCUT2D eigenvalue weighted by molar-refractivity contribution is -0.163. The summed E-state index contributed by atoms with van der Waals surface area (Å²) in [7, 11) is 0. The minimum absolute atomic E-state index is 0.228. The van der Waals surface area contributed by atoms with Gasteiger partial charge < -0.3 is 4.90 Å². The average molecular weight is 341 g/mol. The zero-order valence-electron chi connectivity index (χ0n) is 13.9. The minimum atomic E-state index is -0.313. The lowest BCUT2D eigenvalue weighted by Crippen LogP contribution is -2.51. The molecule has 0 unspecified atom stereocenters. The highest BCUT2D eigenvalue weighted by Crippen LogP contribution is 2.31. The molecule has 0 N–H and O–H groups in total. The standard InChI is InChI=1S/C18H19N3O4/c22-14-6-8-19(9-7-14)13-4-5-15-12(10-13)11-20(18(15)25)21-16(23)2-1-3-17(21)24/h4-5,10H,1-3,6-9,11H2. The van der Waals surface area contributed by atoms with E-state index in [0.29, 0.717) is 50.8 Å². The smallest absolute Gasteiger partial charge is 0.273 e. The van der Waals surface area contributed by atoms with Crippen LogP contribution in [0.1, 0.15) is 48.0 Å². The Hall–Kier alpha value is -2.70. The fourth-order valence-corrected chi connectivity index (χ4v) is 3.68. The highest BCUT2D eigenvalue weighted by Gasteiger charge is 2.39. The summed E-state index contributed by atoms with van der Waals surface area (Å²) >= 11 is 0. The Morgan fingerprint density at radius 2 is 1.52 bits per heavy atom. The molecule has 0 aliphatic carbocycles. The molecule has 4 rings (SSSR count). The van der Waals surface area contributed by atoms with Crippen LogP contribution < -0.4 is 4.90 Å². The fraction of sp³-hybridized carbons (Fsp3) is 0.444. The summed E-state index contributed by atoms with van der Waals surface area (Å²) in [4.78, 5) is 50.4. The highest BCUT2D eigenvalue weighted by molar-refractivity contribution is 6.04. The number of amides is 3. The first kappa shape index (κ1) is 15.8. The Balaban J connectivity index is 1.58. The van der Waals surface area contributed by atoms with Gasteiger partial charge >= 0.3 is 0 Å². The SMILES string of the molecule is O=C1CCN(c2ccc3c(c2)CN(N2C(=O)CCCC2=O)C3=O)CC1. The van der Waals surface area contributed by atoms with Gasteiger partial charge in [0, 0.05) is 50.0 Å². The second-order valence-corrected chi connectivity index (χ2v) is 6.68. The van der Waals surface area contributed by atoms with Crippen LogP contribution in [0.2, 0.25) is 0 Å². The van der Waals surface area contributed by atoms with E-state index in [4.69, 9.17) is 0 Å².